The summed E-state index contributed by atoms with van der Waals surface area (Å²) in [6.45, 7) is 5.99. The number of nitrogen functional groups attached to an aromatic ring is 4. The van der Waals surface area contributed by atoms with Gasteiger partial charge in [-0.25, -0.2) is 9.97 Å². The molecule has 0 fully saturated rings. The van der Waals surface area contributed by atoms with E-state index in [1.54, 1.807) is 0 Å². The molecule has 6 aromatic carbocycles. The lowest BCUT2D eigenvalue weighted by Crippen LogP contribution is -1.98. The van der Waals surface area contributed by atoms with E-state index in [2.05, 4.69) is 48.6 Å². The molecule has 55 heavy (non-hydrogen) atoms. The average Bonchev–Trinajstić information content (AvgIpc) is 3.21. The fourth-order valence-corrected chi connectivity index (χ4v) is 6.29. The number of anilines is 4. The first-order chi connectivity index (χ1) is 26.8. The van der Waals surface area contributed by atoms with Gasteiger partial charge in [-0.1, -0.05) is 117 Å². The number of rotatable bonds is 9. The third kappa shape index (κ3) is 9.44. The first-order valence-electron chi connectivity index (χ1n) is 18.4. The normalized spacial score (nSPS) is 11.4. The second kappa shape index (κ2) is 17.6. The van der Waals surface area contributed by atoms with Gasteiger partial charge in [0.1, 0.15) is 0 Å². The van der Waals surface area contributed by atoms with Crippen LogP contribution in [0.2, 0.25) is 0 Å². The number of allylic oxidation sites excluding steroid dienone is 5. The Labute approximate surface area is 324 Å². The Kier molecular flexibility index (Phi) is 12.0. The molecule has 0 amide bonds. The van der Waals surface area contributed by atoms with Crippen molar-refractivity contribution in [1.82, 2.24) is 9.97 Å². The van der Waals surface area contributed by atoms with Crippen molar-refractivity contribution in [3.05, 3.63) is 181 Å². The molecular weight excluding hydrogens is 673 g/mol. The molecule has 6 nitrogen and oxygen atoms in total. The summed E-state index contributed by atoms with van der Waals surface area (Å²) in [4.78, 5) is 10.2. The molecule has 0 spiro atoms. The highest BCUT2D eigenvalue weighted by Gasteiger charge is 2.13. The first-order valence-corrected chi connectivity index (χ1v) is 18.4. The molecule has 0 atom stereocenters. The zero-order valence-electron chi connectivity index (χ0n) is 31.4. The van der Waals surface area contributed by atoms with Crippen molar-refractivity contribution in [2.75, 3.05) is 22.9 Å². The van der Waals surface area contributed by atoms with Gasteiger partial charge in [0.15, 0.2) is 5.82 Å². The number of nitrogens with two attached hydrogens (primary N) is 4. The van der Waals surface area contributed by atoms with Gasteiger partial charge in [0, 0.05) is 39.4 Å². The van der Waals surface area contributed by atoms with Crippen molar-refractivity contribution in [3.8, 4) is 56.0 Å². The molecule has 0 aliphatic carbocycles. The van der Waals surface area contributed by atoms with Crippen LogP contribution in [0.5, 0.6) is 0 Å². The Morgan fingerprint density at radius 3 is 1.60 bits per heavy atom. The van der Waals surface area contributed by atoms with Gasteiger partial charge in [-0.3, -0.25) is 0 Å². The lowest BCUT2D eigenvalue weighted by Gasteiger charge is -2.12. The number of benzene rings is 6. The topological polar surface area (TPSA) is 130 Å². The maximum absolute atomic E-state index is 6.44. The van der Waals surface area contributed by atoms with Gasteiger partial charge in [-0.2, -0.15) is 0 Å². The fourth-order valence-electron chi connectivity index (χ4n) is 6.29. The van der Waals surface area contributed by atoms with Crippen molar-refractivity contribution in [1.29, 1.82) is 0 Å². The second-order valence-corrected chi connectivity index (χ2v) is 12.9. The van der Waals surface area contributed by atoms with Gasteiger partial charge in [0.2, 0.25) is 0 Å². The van der Waals surface area contributed by atoms with Crippen LogP contribution in [0.3, 0.4) is 0 Å². The quantitative estimate of drug-likeness (QED) is 0.0868. The molecule has 7 aromatic rings. The van der Waals surface area contributed by atoms with Crippen LogP contribution in [0.15, 0.2) is 170 Å². The molecule has 8 N–H and O–H groups in total. The first kappa shape index (κ1) is 37.6. The van der Waals surface area contributed by atoms with Gasteiger partial charge >= 0.3 is 0 Å². The van der Waals surface area contributed by atoms with Gasteiger partial charge in [-0.05, 0) is 119 Å². The molecule has 0 aliphatic rings. The SMILES string of the molecule is CC.C\C=C/C=C(\C=C\c1cc(N)cc(-c2cccc(N)c2)c1)c1cc(-c2cccc(-c3cc(N)cc(-c4cccc(N)c4)c3)c2)nc(-c2ccccc2)n1. The summed E-state index contributed by atoms with van der Waals surface area (Å²) in [5, 5.41) is 0. The van der Waals surface area contributed by atoms with E-state index in [4.69, 9.17) is 32.9 Å². The summed E-state index contributed by atoms with van der Waals surface area (Å²) in [5.74, 6) is 0.629. The minimum absolute atomic E-state index is 0.629. The zero-order chi connectivity index (χ0) is 38.7. The second-order valence-electron chi connectivity index (χ2n) is 12.9. The molecule has 0 saturated heterocycles. The number of hydrogen-bond acceptors (Lipinski definition) is 6. The molecule has 1 aromatic heterocycles. The van der Waals surface area contributed by atoms with Crippen LogP contribution in [-0.4, -0.2) is 9.97 Å². The lowest BCUT2D eigenvalue weighted by molar-refractivity contribution is 1.16. The van der Waals surface area contributed by atoms with Gasteiger partial charge in [0.05, 0.1) is 11.4 Å². The highest BCUT2D eigenvalue weighted by atomic mass is 14.9. The standard InChI is InChI=1S/C47H40N6.C2H6/c1-2-3-10-32(20-19-31-21-38(27-43(50)22-31)35-14-8-17-41(48)25-35)45-30-46(53-47(52-45)33-11-5-4-6-12-33)37-16-7-13-34(23-37)39-24-40(29-44(51)28-39)36-15-9-18-42(49)26-36;1-2/h2-30H,48-51H2,1H3;1-2H3/b3-2-,20-19+,32-10+;. The van der Waals surface area contributed by atoms with E-state index in [-0.39, 0.29) is 0 Å². The molecule has 0 aliphatic heterocycles. The van der Waals surface area contributed by atoms with Crippen LogP contribution < -0.4 is 22.9 Å². The Morgan fingerprint density at radius 2 is 0.982 bits per heavy atom. The Morgan fingerprint density at radius 1 is 0.473 bits per heavy atom. The monoisotopic (exact) mass is 718 g/mol. The smallest absolute Gasteiger partial charge is 0.160 e. The van der Waals surface area contributed by atoms with Crippen LogP contribution in [0.4, 0.5) is 22.7 Å². The van der Waals surface area contributed by atoms with E-state index >= 15 is 0 Å². The highest BCUT2D eigenvalue weighted by Crippen LogP contribution is 2.34. The Hall–Kier alpha value is -7.18. The summed E-state index contributed by atoms with van der Waals surface area (Å²) in [5.41, 5.74) is 39.1. The minimum Gasteiger partial charge on any atom is -0.399 e. The Bertz CT molecular complexity index is 2510. The minimum atomic E-state index is 0.629. The molecule has 0 saturated carbocycles. The van der Waals surface area contributed by atoms with E-state index in [0.717, 1.165) is 67.0 Å². The third-order valence-corrected chi connectivity index (χ3v) is 8.84. The van der Waals surface area contributed by atoms with Crippen molar-refractivity contribution < 1.29 is 0 Å². The summed E-state index contributed by atoms with van der Waals surface area (Å²) in [6, 6.07) is 48.2. The van der Waals surface area contributed by atoms with Crippen molar-refractivity contribution >= 4 is 34.4 Å². The van der Waals surface area contributed by atoms with E-state index in [1.807, 2.05) is 148 Å². The number of nitrogens with zero attached hydrogens (tertiary/aromatic N) is 2. The molecule has 272 valence electrons. The molecular formula is C49H46N6. The number of aromatic nitrogens is 2. The summed E-state index contributed by atoms with van der Waals surface area (Å²) in [6.07, 6.45) is 10.2. The predicted molar refractivity (Wildman–Crippen MR) is 236 cm³/mol. The van der Waals surface area contributed by atoms with Crippen LogP contribution in [-0.2, 0) is 0 Å². The van der Waals surface area contributed by atoms with Crippen molar-refractivity contribution in [3.63, 3.8) is 0 Å². The number of hydrogen-bond donors (Lipinski definition) is 4. The molecule has 0 unspecified atom stereocenters. The maximum atomic E-state index is 6.44. The molecule has 6 heteroatoms. The summed E-state index contributed by atoms with van der Waals surface area (Å²) in [7, 11) is 0. The average molecular weight is 719 g/mol. The predicted octanol–water partition coefficient (Wildman–Crippen LogP) is 11.8. The Balaban J connectivity index is 0.00000253. The largest absolute Gasteiger partial charge is 0.399 e. The van der Waals surface area contributed by atoms with Gasteiger partial charge in [0.25, 0.3) is 0 Å². The third-order valence-electron chi connectivity index (χ3n) is 8.84. The highest BCUT2D eigenvalue weighted by molar-refractivity contribution is 5.84. The van der Waals surface area contributed by atoms with Crippen molar-refractivity contribution in [2.45, 2.75) is 20.8 Å². The maximum Gasteiger partial charge on any atom is 0.160 e. The van der Waals surface area contributed by atoms with E-state index in [9.17, 15) is 0 Å². The molecule has 7 rings (SSSR count). The van der Waals surface area contributed by atoms with Crippen LogP contribution >= 0.6 is 0 Å². The summed E-state index contributed by atoms with van der Waals surface area (Å²) >= 11 is 0. The van der Waals surface area contributed by atoms with Crippen LogP contribution in [0, 0.1) is 0 Å². The zero-order valence-corrected chi connectivity index (χ0v) is 31.4. The summed E-state index contributed by atoms with van der Waals surface area (Å²) < 4.78 is 0. The van der Waals surface area contributed by atoms with E-state index in [1.165, 1.54) is 0 Å². The fraction of sp³-hybridized carbons (Fsp3) is 0.0612. The lowest BCUT2D eigenvalue weighted by atomic mass is 9.96. The van der Waals surface area contributed by atoms with Gasteiger partial charge < -0.3 is 22.9 Å². The van der Waals surface area contributed by atoms with Crippen molar-refractivity contribution in [2.24, 2.45) is 0 Å². The van der Waals surface area contributed by atoms with Crippen LogP contribution in [0.25, 0.3) is 67.7 Å². The van der Waals surface area contributed by atoms with Crippen LogP contribution in [0.1, 0.15) is 32.0 Å². The molecule has 0 bridgehead atoms. The molecule has 0 radical (unpaired) electrons. The van der Waals surface area contributed by atoms with Gasteiger partial charge in [-0.15, -0.1) is 0 Å². The van der Waals surface area contributed by atoms with E-state index < -0.39 is 0 Å². The van der Waals surface area contributed by atoms with E-state index in [0.29, 0.717) is 28.6 Å². The molecule has 1 heterocycles.